The van der Waals surface area contributed by atoms with E-state index in [0.717, 1.165) is 0 Å². The summed E-state index contributed by atoms with van der Waals surface area (Å²) in [7, 11) is 0. The molecule has 194 valence electrons. The Kier molecular flexibility index (Phi) is 8.78. The van der Waals surface area contributed by atoms with E-state index in [1.54, 1.807) is 74.5 Å². The van der Waals surface area contributed by atoms with E-state index < -0.39 is 11.9 Å². The van der Waals surface area contributed by atoms with Gasteiger partial charge in [-0.15, -0.1) is 0 Å². The number of carbonyl (C=O) groups is 2. The number of furan rings is 2. The van der Waals surface area contributed by atoms with Crippen LogP contribution in [0.2, 0.25) is 10.0 Å². The Labute approximate surface area is 228 Å². The smallest absolute Gasteiger partial charge is 0.339 e. The molecule has 0 radical (unpaired) electrons. The molecular formula is C28H22Cl2N2O6. The standard InChI is InChI=1S/C28H22Cl2N2O6/c1-3-35-27(33)21-13-17(5-9-23(21)29)25-11-7-19(37-25)15-31-32-16-20-8-12-26(38-20)18-6-10-24(30)22(14-18)28(34)36-4-2/h5-16H,3-4H2,1-2H3. The highest BCUT2D eigenvalue weighted by Crippen LogP contribution is 2.28. The molecule has 0 saturated carbocycles. The van der Waals surface area contributed by atoms with Crippen LogP contribution >= 0.6 is 23.2 Å². The zero-order chi connectivity index (χ0) is 27.1. The molecule has 0 amide bonds. The van der Waals surface area contributed by atoms with E-state index in [-0.39, 0.29) is 24.3 Å². The number of halogens is 2. The number of nitrogens with zero attached hydrogens (tertiary/aromatic N) is 2. The summed E-state index contributed by atoms with van der Waals surface area (Å²) in [5.41, 5.74) is 1.85. The lowest BCUT2D eigenvalue weighted by atomic mass is 10.1. The van der Waals surface area contributed by atoms with Gasteiger partial charge in [-0.25, -0.2) is 9.59 Å². The number of benzene rings is 2. The third kappa shape index (κ3) is 6.40. The van der Waals surface area contributed by atoms with Crippen molar-refractivity contribution in [3.63, 3.8) is 0 Å². The van der Waals surface area contributed by atoms with Crippen LogP contribution in [0.5, 0.6) is 0 Å². The molecular weight excluding hydrogens is 531 g/mol. The number of hydrogen-bond donors (Lipinski definition) is 0. The molecule has 0 unspecified atom stereocenters. The van der Waals surface area contributed by atoms with Gasteiger partial charge in [0, 0.05) is 11.1 Å². The first-order chi connectivity index (χ1) is 18.4. The Hall–Kier alpha value is -4.14. The summed E-state index contributed by atoms with van der Waals surface area (Å²) in [6, 6.07) is 16.9. The summed E-state index contributed by atoms with van der Waals surface area (Å²) in [5.74, 6) is 0.962. The van der Waals surface area contributed by atoms with E-state index in [1.807, 2.05) is 0 Å². The molecule has 10 heteroatoms. The number of esters is 2. The van der Waals surface area contributed by atoms with Crippen molar-refractivity contribution >= 4 is 47.6 Å². The van der Waals surface area contributed by atoms with Crippen LogP contribution in [0, 0.1) is 0 Å². The minimum absolute atomic E-state index is 0.248. The summed E-state index contributed by atoms with van der Waals surface area (Å²) in [4.78, 5) is 24.2. The maximum atomic E-state index is 12.1. The molecule has 0 aliphatic carbocycles. The van der Waals surface area contributed by atoms with Crippen molar-refractivity contribution in [2.75, 3.05) is 13.2 Å². The van der Waals surface area contributed by atoms with Gasteiger partial charge in [-0.1, -0.05) is 23.2 Å². The van der Waals surface area contributed by atoms with Gasteiger partial charge in [0.05, 0.1) is 46.8 Å². The second kappa shape index (κ2) is 12.4. The first-order valence-corrected chi connectivity index (χ1v) is 12.3. The Balaban J connectivity index is 1.43. The monoisotopic (exact) mass is 552 g/mol. The molecule has 0 bridgehead atoms. The molecule has 0 atom stereocenters. The molecule has 2 aromatic heterocycles. The lowest BCUT2D eigenvalue weighted by molar-refractivity contribution is 0.0517. The van der Waals surface area contributed by atoms with Gasteiger partial charge in [-0.2, -0.15) is 10.2 Å². The number of ether oxygens (including phenoxy) is 2. The van der Waals surface area contributed by atoms with Crippen molar-refractivity contribution in [1.82, 2.24) is 0 Å². The van der Waals surface area contributed by atoms with Crippen LogP contribution in [0.3, 0.4) is 0 Å². The Morgan fingerprint density at radius 3 is 1.53 bits per heavy atom. The van der Waals surface area contributed by atoms with Gasteiger partial charge in [-0.3, -0.25) is 0 Å². The van der Waals surface area contributed by atoms with Crippen molar-refractivity contribution in [3.05, 3.63) is 93.4 Å². The Morgan fingerprint density at radius 1 is 0.711 bits per heavy atom. The molecule has 0 spiro atoms. The van der Waals surface area contributed by atoms with Crippen LogP contribution in [-0.2, 0) is 9.47 Å². The van der Waals surface area contributed by atoms with Crippen LogP contribution in [0.25, 0.3) is 22.6 Å². The van der Waals surface area contributed by atoms with Crippen LogP contribution in [0.15, 0.2) is 79.7 Å². The topological polar surface area (TPSA) is 104 Å². The fourth-order valence-corrected chi connectivity index (χ4v) is 3.81. The molecule has 0 N–H and O–H groups in total. The molecule has 2 aromatic carbocycles. The summed E-state index contributed by atoms with van der Waals surface area (Å²) in [6.45, 7) is 3.95. The van der Waals surface area contributed by atoms with Gasteiger partial charge < -0.3 is 18.3 Å². The molecule has 4 aromatic rings. The number of carbonyl (C=O) groups excluding carboxylic acids is 2. The second-order valence-corrected chi connectivity index (χ2v) is 8.54. The molecule has 0 aliphatic rings. The molecule has 0 saturated heterocycles. The van der Waals surface area contributed by atoms with E-state index in [0.29, 0.717) is 44.2 Å². The highest BCUT2D eigenvalue weighted by molar-refractivity contribution is 6.34. The highest BCUT2D eigenvalue weighted by atomic mass is 35.5. The van der Waals surface area contributed by atoms with Crippen molar-refractivity contribution in [2.24, 2.45) is 10.2 Å². The van der Waals surface area contributed by atoms with E-state index in [9.17, 15) is 9.59 Å². The van der Waals surface area contributed by atoms with Crippen molar-refractivity contribution in [3.8, 4) is 22.6 Å². The van der Waals surface area contributed by atoms with E-state index in [4.69, 9.17) is 41.5 Å². The Morgan fingerprint density at radius 2 is 1.13 bits per heavy atom. The lowest BCUT2D eigenvalue weighted by Crippen LogP contribution is -2.05. The third-order valence-corrected chi connectivity index (χ3v) is 5.84. The van der Waals surface area contributed by atoms with E-state index in [1.165, 1.54) is 12.4 Å². The van der Waals surface area contributed by atoms with Crippen LogP contribution in [0.4, 0.5) is 0 Å². The van der Waals surface area contributed by atoms with Gasteiger partial charge in [0.15, 0.2) is 0 Å². The summed E-state index contributed by atoms with van der Waals surface area (Å²) >= 11 is 12.3. The lowest BCUT2D eigenvalue weighted by Gasteiger charge is -2.05. The van der Waals surface area contributed by atoms with Gasteiger partial charge in [0.25, 0.3) is 0 Å². The zero-order valence-corrected chi connectivity index (χ0v) is 22.0. The molecule has 0 aliphatic heterocycles. The predicted molar refractivity (Wildman–Crippen MR) is 145 cm³/mol. The highest BCUT2D eigenvalue weighted by Gasteiger charge is 2.15. The zero-order valence-electron chi connectivity index (χ0n) is 20.4. The minimum Gasteiger partial charge on any atom is -0.462 e. The van der Waals surface area contributed by atoms with Crippen LogP contribution in [-0.4, -0.2) is 37.6 Å². The van der Waals surface area contributed by atoms with Gasteiger partial charge in [-0.05, 0) is 74.5 Å². The van der Waals surface area contributed by atoms with Gasteiger partial charge >= 0.3 is 11.9 Å². The number of rotatable bonds is 9. The maximum Gasteiger partial charge on any atom is 0.339 e. The SMILES string of the molecule is CCOC(=O)c1cc(-c2ccc(C=NN=Cc3ccc(-c4ccc(Cl)c(C(=O)OCC)c4)o3)o2)ccc1Cl. The average Bonchev–Trinajstić information content (AvgIpc) is 3.57. The largest absolute Gasteiger partial charge is 0.462 e. The normalized spacial score (nSPS) is 11.4. The molecule has 2 heterocycles. The first-order valence-electron chi connectivity index (χ1n) is 11.6. The molecule has 38 heavy (non-hydrogen) atoms. The molecule has 8 nitrogen and oxygen atoms in total. The molecule has 4 rings (SSSR count). The number of hydrogen-bond acceptors (Lipinski definition) is 8. The van der Waals surface area contributed by atoms with Gasteiger partial charge in [0.1, 0.15) is 23.0 Å². The fourth-order valence-electron chi connectivity index (χ4n) is 3.42. The molecule has 0 fully saturated rings. The van der Waals surface area contributed by atoms with Gasteiger partial charge in [0.2, 0.25) is 0 Å². The second-order valence-electron chi connectivity index (χ2n) is 7.72. The summed E-state index contributed by atoms with van der Waals surface area (Å²) < 4.78 is 21.6. The fraction of sp³-hybridized carbons (Fsp3) is 0.143. The quantitative estimate of drug-likeness (QED) is 0.122. The van der Waals surface area contributed by atoms with Crippen molar-refractivity contribution in [1.29, 1.82) is 0 Å². The first kappa shape index (κ1) is 26.9. The average molecular weight is 553 g/mol. The van der Waals surface area contributed by atoms with Crippen LogP contribution < -0.4 is 0 Å². The minimum atomic E-state index is -0.501. The van der Waals surface area contributed by atoms with E-state index in [2.05, 4.69) is 10.2 Å². The third-order valence-electron chi connectivity index (χ3n) is 5.18. The van der Waals surface area contributed by atoms with Crippen molar-refractivity contribution < 1.29 is 27.9 Å². The summed E-state index contributed by atoms with van der Waals surface area (Å²) in [6.07, 6.45) is 2.88. The summed E-state index contributed by atoms with van der Waals surface area (Å²) in [5, 5.41) is 8.59. The van der Waals surface area contributed by atoms with E-state index >= 15 is 0 Å². The maximum absolute atomic E-state index is 12.1. The predicted octanol–water partition coefficient (Wildman–Crippen LogP) is 7.32. The van der Waals surface area contributed by atoms with Crippen LogP contribution in [0.1, 0.15) is 46.1 Å². The Bertz CT molecular complexity index is 1410. The van der Waals surface area contributed by atoms with Crippen molar-refractivity contribution in [2.45, 2.75) is 13.8 Å².